The lowest BCUT2D eigenvalue weighted by atomic mass is 10.0. The Balaban J connectivity index is 2.70. The number of ether oxygens (including phenoxy) is 1. The maximum atomic E-state index is 11.8. The van der Waals surface area contributed by atoms with Crippen LogP contribution in [0.5, 0.6) is 0 Å². The highest BCUT2D eigenvalue weighted by molar-refractivity contribution is 6.68. The zero-order valence-electron chi connectivity index (χ0n) is 13.3. The van der Waals surface area contributed by atoms with Crippen LogP contribution in [0.4, 0.5) is 0 Å². The number of aliphatic carboxylic acids is 1. The number of ketones is 1. The Morgan fingerprint density at radius 2 is 1.96 bits per heavy atom. The van der Waals surface area contributed by atoms with E-state index in [1.165, 1.54) is 0 Å². The predicted octanol–water partition coefficient (Wildman–Crippen LogP) is -2.11. The van der Waals surface area contributed by atoms with E-state index in [4.69, 9.17) is 10.2 Å². The van der Waals surface area contributed by atoms with Crippen LogP contribution in [-0.4, -0.2) is 76.1 Å². The molecular formula is C14H20N2O8. The summed E-state index contributed by atoms with van der Waals surface area (Å²) in [5, 5.41) is 29.4. The largest absolute Gasteiger partial charge is 0.480 e. The fourth-order valence-corrected chi connectivity index (χ4v) is 2.04. The summed E-state index contributed by atoms with van der Waals surface area (Å²) in [6.07, 6.45) is -2.92. The molecule has 0 aromatic heterocycles. The smallest absolute Gasteiger partial charge is 0.361 e. The van der Waals surface area contributed by atoms with Crippen molar-refractivity contribution in [1.82, 2.24) is 5.32 Å². The summed E-state index contributed by atoms with van der Waals surface area (Å²) in [6, 6.07) is -1.10. The highest BCUT2D eigenvalue weighted by atomic mass is 16.6. The van der Waals surface area contributed by atoms with E-state index in [1.54, 1.807) is 13.8 Å². The van der Waals surface area contributed by atoms with Crippen LogP contribution in [0.3, 0.4) is 0 Å². The molecule has 1 fully saturated rings. The Labute approximate surface area is 137 Å². The number of carboxylic acids is 1. The quantitative estimate of drug-likeness (QED) is 0.364. The van der Waals surface area contributed by atoms with E-state index in [9.17, 15) is 24.3 Å². The first kappa shape index (κ1) is 19.7. The Morgan fingerprint density at radius 1 is 1.33 bits per heavy atom. The number of esters is 1. The summed E-state index contributed by atoms with van der Waals surface area (Å²) in [5.41, 5.74) is -0.654. The molecule has 1 heterocycles. The van der Waals surface area contributed by atoms with Crippen molar-refractivity contribution in [2.45, 2.75) is 38.5 Å². The number of nitrogens with one attached hydrogen (secondary N) is 1. The van der Waals surface area contributed by atoms with Crippen molar-refractivity contribution in [2.75, 3.05) is 13.2 Å². The lowest BCUT2D eigenvalue weighted by molar-refractivity contribution is -0.147. The predicted molar refractivity (Wildman–Crippen MR) is 79.3 cm³/mol. The summed E-state index contributed by atoms with van der Waals surface area (Å²) in [4.78, 5) is 49.7. The second kappa shape index (κ2) is 8.50. The highest BCUT2D eigenvalue weighted by Gasteiger charge is 2.44. The molecule has 0 aromatic rings. The lowest BCUT2D eigenvalue weighted by Crippen LogP contribution is -2.43. The van der Waals surface area contributed by atoms with Gasteiger partial charge in [0.25, 0.3) is 0 Å². The molecule has 0 aromatic carbocycles. The fraction of sp³-hybridized carbons (Fsp3) is 0.643. The van der Waals surface area contributed by atoms with E-state index in [2.05, 4.69) is 15.0 Å². The molecule has 0 aliphatic carbocycles. The standard InChI is InChI=1S/C14H20N2O8/c1-6(2)3-7(13(21)22)16-9(19)4-15-10-11(20)12(8(18)5-17)24-14(10)23/h6-8,12,17-18H,3-5H2,1-2H3,(H,16,19)(H,21,22). The van der Waals surface area contributed by atoms with E-state index in [0.717, 1.165) is 0 Å². The molecule has 0 bridgehead atoms. The average molecular weight is 344 g/mol. The van der Waals surface area contributed by atoms with E-state index in [-0.39, 0.29) is 12.3 Å². The molecule has 10 nitrogen and oxygen atoms in total. The molecule has 0 radical (unpaired) electrons. The molecule has 134 valence electrons. The molecule has 4 N–H and O–H groups in total. The number of carbonyl (C=O) groups excluding carboxylic acids is 3. The Hall–Kier alpha value is -2.33. The van der Waals surface area contributed by atoms with Crippen molar-refractivity contribution < 1.29 is 39.2 Å². The van der Waals surface area contributed by atoms with Crippen molar-refractivity contribution in [3.8, 4) is 0 Å². The van der Waals surface area contributed by atoms with Crippen LogP contribution in [-0.2, 0) is 23.9 Å². The van der Waals surface area contributed by atoms with Crippen LogP contribution in [0.25, 0.3) is 0 Å². The molecule has 0 saturated carbocycles. The zero-order valence-corrected chi connectivity index (χ0v) is 13.3. The second-order valence-corrected chi connectivity index (χ2v) is 5.69. The summed E-state index contributed by atoms with van der Waals surface area (Å²) in [5.74, 6) is -3.99. The second-order valence-electron chi connectivity index (χ2n) is 5.69. The van der Waals surface area contributed by atoms with Crippen molar-refractivity contribution in [2.24, 2.45) is 10.9 Å². The summed E-state index contributed by atoms with van der Waals surface area (Å²) in [7, 11) is 0. The minimum atomic E-state index is -1.58. The molecule has 3 atom stereocenters. The van der Waals surface area contributed by atoms with Crippen LogP contribution in [0.1, 0.15) is 20.3 Å². The lowest BCUT2D eigenvalue weighted by Gasteiger charge is -2.15. The number of amides is 1. The Morgan fingerprint density at radius 3 is 2.46 bits per heavy atom. The first-order valence-corrected chi connectivity index (χ1v) is 7.28. The molecular weight excluding hydrogens is 324 g/mol. The number of carbonyl (C=O) groups is 4. The number of Topliss-reactive ketones (excluding diaryl/α,β-unsaturated/α-hetero) is 1. The number of hydrogen-bond donors (Lipinski definition) is 4. The molecule has 0 spiro atoms. The van der Waals surface area contributed by atoms with Gasteiger partial charge in [0.1, 0.15) is 18.7 Å². The van der Waals surface area contributed by atoms with Gasteiger partial charge in [-0.25, -0.2) is 9.59 Å². The molecule has 1 saturated heterocycles. The topological polar surface area (TPSA) is 163 Å². The number of aliphatic hydroxyl groups excluding tert-OH is 2. The number of aliphatic hydroxyl groups is 2. The first-order valence-electron chi connectivity index (χ1n) is 7.28. The number of aliphatic imine (C=N–C) groups is 1. The number of rotatable bonds is 8. The average Bonchev–Trinajstić information content (AvgIpc) is 2.78. The van der Waals surface area contributed by atoms with E-state index < -0.39 is 60.7 Å². The van der Waals surface area contributed by atoms with Gasteiger partial charge in [-0.15, -0.1) is 0 Å². The van der Waals surface area contributed by atoms with Crippen molar-refractivity contribution >= 4 is 29.3 Å². The molecule has 24 heavy (non-hydrogen) atoms. The van der Waals surface area contributed by atoms with Gasteiger partial charge in [0, 0.05) is 0 Å². The molecule has 1 aliphatic rings. The third-order valence-corrected chi connectivity index (χ3v) is 3.18. The summed E-state index contributed by atoms with van der Waals surface area (Å²) < 4.78 is 4.59. The van der Waals surface area contributed by atoms with Crippen molar-refractivity contribution in [1.29, 1.82) is 0 Å². The molecule has 3 unspecified atom stereocenters. The molecule has 1 rings (SSSR count). The fourth-order valence-electron chi connectivity index (χ4n) is 2.04. The van der Waals surface area contributed by atoms with Gasteiger partial charge in [0.15, 0.2) is 11.8 Å². The van der Waals surface area contributed by atoms with E-state index in [1.807, 2.05) is 0 Å². The van der Waals surface area contributed by atoms with Crippen LogP contribution in [0, 0.1) is 5.92 Å². The minimum absolute atomic E-state index is 0.0322. The molecule has 10 heteroatoms. The van der Waals surface area contributed by atoms with E-state index in [0.29, 0.717) is 0 Å². The van der Waals surface area contributed by atoms with Crippen LogP contribution < -0.4 is 5.32 Å². The van der Waals surface area contributed by atoms with Crippen molar-refractivity contribution in [3.63, 3.8) is 0 Å². The maximum Gasteiger partial charge on any atom is 0.361 e. The Kier molecular flexibility index (Phi) is 6.98. The van der Waals surface area contributed by atoms with Crippen LogP contribution in [0.2, 0.25) is 0 Å². The number of cyclic esters (lactones) is 1. The van der Waals surface area contributed by atoms with Gasteiger partial charge in [-0.3, -0.25) is 14.6 Å². The number of nitrogens with zero attached hydrogens (tertiary/aromatic N) is 1. The third kappa shape index (κ3) is 5.10. The number of hydrogen-bond acceptors (Lipinski definition) is 8. The van der Waals surface area contributed by atoms with Gasteiger partial charge in [0.2, 0.25) is 11.7 Å². The third-order valence-electron chi connectivity index (χ3n) is 3.18. The van der Waals surface area contributed by atoms with Crippen LogP contribution in [0.15, 0.2) is 4.99 Å². The first-order chi connectivity index (χ1) is 11.2. The maximum absolute atomic E-state index is 11.8. The van der Waals surface area contributed by atoms with Crippen LogP contribution >= 0.6 is 0 Å². The molecule has 1 amide bonds. The Bertz CT molecular complexity index is 557. The zero-order chi connectivity index (χ0) is 18.4. The monoisotopic (exact) mass is 344 g/mol. The normalized spacial score (nSPS) is 21.7. The van der Waals surface area contributed by atoms with Gasteiger partial charge < -0.3 is 25.4 Å². The van der Waals surface area contributed by atoms with Gasteiger partial charge in [-0.05, 0) is 12.3 Å². The van der Waals surface area contributed by atoms with Gasteiger partial charge in [-0.2, -0.15) is 0 Å². The minimum Gasteiger partial charge on any atom is -0.480 e. The summed E-state index contributed by atoms with van der Waals surface area (Å²) in [6.45, 7) is 2.16. The summed E-state index contributed by atoms with van der Waals surface area (Å²) >= 11 is 0. The van der Waals surface area contributed by atoms with E-state index >= 15 is 0 Å². The van der Waals surface area contributed by atoms with Gasteiger partial charge in [-0.1, -0.05) is 13.8 Å². The molecule has 1 aliphatic heterocycles. The van der Waals surface area contributed by atoms with Crippen molar-refractivity contribution in [3.05, 3.63) is 0 Å². The van der Waals surface area contributed by atoms with Gasteiger partial charge in [0.05, 0.1) is 6.61 Å². The number of carboxylic acid groups (broad SMARTS) is 1. The highest BCUT2D eigenvalue weighted by Crippen LogP contribution is 2.12. The van der Waals surface area contributed by atoms with Gasteiger partial charge >= 0.3 is 11.9 Å². The SMILES string of the molecule is CC(C)CC(NC(=O)CN=C1C(=O)OC(C(O)CO)C1=O)C(=O)O.